The normalized spacial score (nSPS) is 10.8. The third kappa shape index (κ3) is 4.27. The van der Waals surface area contributed by atoms with Gasteiger partial charge >= 0.3 is 5.97 Å². The van der Waals surface area contributed by atoms with Crippen LogP contribution in [0.1, 0.15) is 12.8 Å². The van der Waals surface area contributed by atoms with E-state index in [1.165, 1.54) is 10.9 Å². The van der Waals surface area contributed by atoms with Gasteiger partial charge in [-0.15, -0.1) is 0 Å². The predicted molar refractivity (Wildman–Crippen MR) is 100 cm³/mol. The van der Waals surface area contributed by atoms with E-state index in [1.807, 2.05) is 6.07 Å². The maximum Gasteiger partial charge on any atom is 0.311 e. The molecule has 0 spiro atoms. The number of aromatic nitrogens is 2. The lowest BCUT2D eigenvalue weighted by molar-refractivity contribution is -0.134. The van der Waals surface area contributed by atoms with Crippen molar-refractivity contribution in [2.75, 3.05) is 0 Å². The Kier molecular flexibility index (Phi) is 5.50. The molecule has 128 valence electrons. The van der Waals surface area contributed by atoms with Crippen LogP contribution in [0.25, 0.3) is 10.9 Å². The van der Waals surface area contributed by atoms with Crippen LogP contribution in [0.15, 0.2) is 58.1 Å². The number of hydrogen-bond acceptors (Lipinski definition) is 4. The second-order valence-electron chi connectivity index (χ2n) is 5.41. The van der Waals surface area contributed by atoms with Crippen LogP contribution in [0, 0.1) is 0 Å². The molecule has 1 aromatic heterocycles. The van der Waals surface area contributed by atoms with Crippen LogP contribution in [0.4, 0.5) is 0 Å². The molecule has 25 heavy (non-hydrogen) atoms. The van der Waals surface area contributed by atoms with Crippen molar-refractivity contribution in [3.8, 4) is 5.75 Å². The molecule has 3 aromatic rings. The van der Waals surface area contributed by atoms with Crippen molar-refractivity contribution in [2.45, 2.75) is 19.4 Å². The van der Waals surface area contributed by atoms with E-state index < -0.39 is 5.97 Å². The molecule has 0 fully saturated rings. The highest BCUT2D eigenvalue weighted by Crippen LogP contribution is 2.28. The van der Waals surface area contributed by atoms with E-state index in [2.05, 4.69) is 20.9 Å². The van der Waals surface area contributed by atoms with Crippen LogP contribution in [-0.2, 0) is 11.3 Å². The van der Waals surface area contributed by atoms with Crippen molar-refractivity contribution < 1.29 is 9.53 Å². The third-order valence-corrected chi connectivity index (χ3v) is 4.42. The molecule has 0 unspecified atom stereocenters. The molecule has 0 amide bonds. The van der Waals surface area contributed by atoms with Gasteiger partial charge in [0.15, 0.2) is 0 Å². The second-order valence-corrected chi connectivity index (χ2v) is 6.74. The molecule has 0 saturated heterocycles. The summed E-state index contributed by atoms with van der Waals surface area (Å²) in [6.07, 6.45) is 2.14. The molecule has 2 aromatic carbocycles. The van der Waals surface area contributed by atoms with E-state index in [1.54, 1.807) is 36.4 Å². The lowest BCUT2D eigenvalue weighted by atomic mass is 10.2. The average molecular weight is 422 g/mol. The Morgan fingerprint density at radius 3 is 2.84 bits per heavy atom. The summed E-state index contributed by atoms with van der Waals surface area (Å²) < 4.78 is 7.55. The molecule has 0 aliphatic heterocycles. The van der Waals surface area contributed by atoms with E-state index in [0.717, 1.165) is 4.47 Å². The Morgan fingerprint density at radius 1 is 1.24 bits per heavy atom. The Hall–Kier alpha value is -2.18. The van der Waals surface area contributed by atoms with Gasteiger partial charge in [0, 0.05) is 17.4 Å². The Morgan fingerprint density at radius 2 is 2.04 bits per heavy atom. The van der Waals surface area contributed by atoms with Crippen molar-refractivity contribution in [1.29, 1.82) is 0 Å². The lowest BCUT2D eigenvalue weighted by Gasteiger charge is -2.08. The number of rotatable bonds is 5. The minimum atomic E-state index is -0.397. The van der Waals surface area contributed by atoms with Crippen molar-refractivity contribution in [1.82, 2.24) is 9.55 Å². The quantitative estimate of drug-likeness (QED) is 0.458. The van der Waals surface area contributed by atoms with E-state index >= 15 is 0 Å². The van der Waals surface area contributed by atoms with Crippen LogP contribution in [0.5, 0.6) is 5.75 Å². The van der Waals surface area contributed by atoms with Gasteiger partial charge < -0.3 is 4.74 Å². The number of nitrogens with zero attached hydrogens (tertiary/aromatic N) is 2. The van der Waals surface area contributed by atoms with Gasteiger partial charge in [0.1, 0.15) is 5.75 Å². The number of fused-ring (bicyclic) bond motifs is 1. The maximum atomic E-state index is 12.4. The third-order valence-electron chi connectivity index (χ3n) is 3.63. The van der Waals surface area contributed by atoms with Gasteiger partial charge in [-0.25, -0.2) is 4.98 Å². The van der Waals surface area contributed by atoms with Gasteiger partial charge in [-0.1, -0.05) is 39.7 Å². The van der Waals surface area contributed by atoms with Crippen LogP contribution in [0.2, 0.25) is 5.02 Å². The zero-order valence-electron chi connectivity index (χ0n) is 13.1. The minimum Gasteiger partial charge on any atom is -0.425 e. The first-order valence-corrected chi connectivity index (χ1v) is 8.81. The standard InChI is InChI=1S/C18H14BrClN2O3/c19-12-7-8-16(14(20)10-12)25-17(23)6-3-9-22-11-21-15-5-2-1-4-13(15)18(22)24/h1-2,4-5,7-8,10-11H,3,6,9H2. The summed E-state index contributed by atoms with van der Waals surface area (Å²) in [5.41, 5.74) is 0.544. The number of hydrogen-bond donors (Lipinski definition) is 0. The fourth-order valence-corrected chi connectivity index (χ4v) is 3.10. The van der Waals surface area contributed by atoms with Crippen LogP contribution >= 0.6 is 27.5 Å². The largest absolute Gasteiger partial charge is 0.425 e. The second kappa shape index (κ2) is 7.80. The van der Waals surface area contributed by atoms with E-state index in [-0.39, 0.29) is 12.0 Å². The first-order valence-electron chi connectivity index (χ1n) is 7.64. The Balaban J connectivity index is 1.60. The molecule has 5 nitrogen and oxygen atoms in total. The van der Waals surface area contributed by atoms with E-state index in [0.29, 0.717) is 34.6 Å². The smallest absolute Gasteiger partial charge is 0.311 e. The summed E-state index contributed by atoms with van der Waals surface area (Å²) >= 11 is 9.31. The Bertz CT molecular complexity index is 987. The van der Waals surface area contributed by atoms with E-state index in [9.17, 15) is 9.59 Å². The monoisotopic (exact) mass is 420 g/mol. The molecule has 0 aliphatic carbocycles. The predicted octanol–water partition coefficient (Wildman–Crippen LogP) is 4.20. The van der Waals surface area contributed by atoms with Gasteiger partial charge in [-0.2, -0.15) is 0 Å². The molecular formula is C18H14BrClN2O3. The number of carbonyl (C=O) groups is 1. The van der Waals surface area contributed by atoms with Crippen molar-refractivity contribution in [3.05, 3.63) is 68.6 Å². The summed E-state index contributed by atoms with van der Waals surface area (Å²) in [5, 5.41) is 0.923. The van der Waals surface area contributed by atoms with Crippen molar-refractivity contribution >= 4 is 44.4 Å². The molecule has 0 radical (unpaired) electrons. The zero-order chi connectivity index (χ0) is 17.8. The highest BCUT2D eigenvalue weighted by atomic mass is 79.9. The van der Waals surface area contributed by atoms with Crippen molar-refractivity contribution in [2.24, 2.45) is 0 Å². The summed E-state index contributed by atoms with van der Waals surface area (Å²) in [7, 11) is 0. The fourth-order valence-electron chi connectivity index (χ4n) is 2.39. The summed E-state index contributed by atoms with van der Waals surface area (Å²) in [6.45, 7) is 0.389. The molecule has 1 heterocycles. The molecule has 7 heteroatoms. The Labute approximate surface area is 157 Å². The molecule has 0 N–H and O–H groups in total. The maximum absolute atomic E-state index is 12.4. The topological polar surface area (TPSA) is 61.2 Å². The summed E-state index contributed by atoms with van der Waals surface area (Å²) in [6, 6.07) is 12.2. The number of esters is 1. The van der Waals surface area contributed by atoms with Crippen LogP contribution in [0.3, 0.4) is 0 Å². The number of halogens is 2. The molecule has 0 aliphatic rings. The number of benzene rings is 2. The summed E-state index contributed by atoms with van der Waals surface area (Å²) in [5.74, 6) is -0.0783. The fraction of sp³-hybridized carbons (Fsp3) is 0.167. The van der Waals surface area contributed by atoms with Gasteiger partial charge in [0.05, 0.1) is 22.3 Å². The molecule has 0 atom stereocenters. The number of para-hydroxylation sites is 1. The number of aryl methyl sites for hydroxylation is 1. The average Bonchev–Trinajstić information content (AvgIpc) is 2.60. The minimum absolute atomic E-state index is 0.116. The van der Waals surface area contributed by atoms with Gasteiger partial charge in [-0.3, -0.25) is 14.2 Å². The molecule has 3 rings (SSSR count). The van der Waals surface area contributed by atoms with Crippen LogP contribution < -0.4 is 10.3 Å². The lowest BCUT2D eigenvalue weighted by Crippen LogP contribution is -2.21. The van der Waals surface area contributed by atoms with Crippen molar-refractivity contribution in [3.63, 3.8) is 0 Å². The van der Waals surface area contributed by atoms with Crippen LogP contribution in [-0.4, -0.2) is 15.5 Å². The zero-order valence-corrected chi connectivity index (χ0v) is 15.5. The highest BCUT2D eigenvalue weighted by molar-refractivity contribution is 9.10. The first-order chi connectivity index (χ1) is 12.0. The van der Waals surface area contributed by atoms with Gasteiger partial charge in [0.25, 0.3) is 5.56 Å². The molecule has 0 bridgehead atoms. The SMILES string of the molecule is O=C(CCCn1cnc2ccccc2c1=O)Oc1ccc(Br)cc1Cl. The van der Waals surface area contributed by atoms with Gasteiger partial charge in [0.2, 0.25) is 0 Å². The highest BCUT2D eigenvalue weighted by Gasteiger charge is 2.10. The van der Waals surface area contributed by atoms with E-state index in [4.69, 9.17) is 16.3 Å². The van der Waals surface area contributed by atoms with Gasteiger partial charge in [-0.05, 0) is 36.8 Å². The molecule has 0 saturated carbocycles. The number of ether oxygens (including phenoxy) is 1. The summed E-state index contributed by atoms with van der Waals surface area (Å²) in [4.78, 5) is 28.6. The molecular weight excluding hydrogens is 408 g/mol. The number of carbonyl (C=O) groups excluding carboxylic acids is 1. The first kappa shape index (κ1) is 17.6.